The largest absolute Gasteiger partial charge is 0.480 e. The topological polar surface area (TPSA) is 98.7 Å². The highest BCUT2D eigenvalue weighted by Gasteiger charge is 2.19. The molecule has 0 radical (unpaired) electrons. The Balaban J connectivity index is 4.02. The van der Waals surface area contributed by atoms with Crippen LogP contribution in [0.15, 0.2) is 0 Å². The standard InChI is InChI=1S/C10H20N2O4/c1-6(2)4-7(3)11-10(16)12-8(5-13)9(14)15/h6-8,13H,4-5H2,1-3H3,(H,14,15)(H2,11,12,16)/t7?,8-/m1/s1. The van der Waals surface area contributed by atoms with Crippen molar-refractivity contribution < 1.29 is 19.8 Å². The van der Waals surface area contributed by atoms with Gasteiger partial charge in [0, 0.05) is 6.04 Å². The summed E-state index contributed by atoms with van der Waals surface area (Å²) in [6, 6.07) is -1.87. The third-order valence-electron chi connectivity index (χ3n) is 1.99. The third kappa shape index (κ3) is 6.23. The quantitative estimate of drug-likeness (QED) is 0.524. The average Bonchev–Trinajstić information content (AvgIpc) is 2.11. The monoisotopic (exact) mass is 232 g/mol. The molecule has 6 nitrogen and oxygen atoms in total. The van der Waals surface area contributed by atoms with Crippen LogP contribution in [0.25, 0.3) is 0 Å². The van der Waals surface area contributed by atoms with E-state index in [9.17, 15) is 9.59 Å². The molecule has 0 spiro atoms. The molecule has 2 atom stereocenters. The fourth-order valence-electron chi connectivity index (χ4n) is 1.38. The Kier molecular flexibility index (Phi) is 6.48. The fourth-order valence-corrected chi connectivity index (χ4v) is 1.38. The number of aliphatic hydroxyl groups excluding tert-OH is 1. The zero-order chi connectivity index (χ0) is 12.7. The summed E-state index contributed by atoms with van der Waals surface area (Å²) >= 11 is 0. The van der Waals surface area contributed by atoms with Gasteiger partial charge in [0.05, 0.1) is 6.61 Å². The van der Waals surface area contributed by atoms with Gasteiger partial charge in [0.15, 0.2) is 6.04 Å². The van der Waals surface area contributed by atoms with Gasteiger partial charge >= 0.3 is 12.0 Å². The smallest absolute Gasteiger partial charge is 0.328 e. The van der Waals surface area contributed by atoms with Crippen molar-refractivity contribution in [3.63, 3.8) is 0 Å². The van der Waals surface area contributed by atoms with Gasteiger partial charge in [0.1, 0.15) is 0 Å². The van der Waals surface area contributed by atoms with Gasteiger partial charge in [0.2, 0.25) is 0 Å². The molecule has 0 saturated carbocycles. The van der Waals surface area contributed by atoms with Gasteiger partial charge in [-0.1, -0.05) is 13.8 Å². The fraction of sp³-hybridized carbons (Fsp3) is 0.800. The van der Waals surface area contributed by atoms with E-state index < -0.39 is 24.6 Å². The van der Waals surface area contributed by atoms with Crippen molar-refractivity contribution in [2.24, 2.45) is 5.92 Å². The molecule has 0 aliphatic heterocycles. The molecular formula is C10H20N2O4. The zero-order valence-corrected chi connectivity index (χ0v) is 9.86. The summed E-state index contributed by atoms with van der Waals surface area (Å²) in [5, 5.41) is 22.1. The van der Waals surface area contributed by atoms with E-state index in [2.05, 4.69) is 10.6 Å². The molecule has 0 aliphatic carbocycles. The number of amides is 2. The zero-order valence-electron chi connectivity index (χ0n) is 9.86. The summed E-state index contributed by atoms with van der Waals surface area (Å²) in [4.78, 5) is 21.8. The second-order valence-electron chi connectivity index (χ2n) is 4.22. The molecule has 94 valence electrons. The van der Waals surface area contributed by atoms with E-state index in [-0.39, 0.29) is 6.04 Å². The summed E-state index contributed by atoms with van der Waals surface area (Å²) in [6.45, 7) is 5.28. The van der Waals surface area contributed by atoms with Gasteiger partial charge in [-0.05, 0) is 19.3 Å². The molecule has 1 unspecified atom stereocenters. The van der Waals surface area contributed by atoms with Crippen molar-refractivity contribution >= 4 is 12.0 Å². The van der Waals surface area contributed by atoms with Crippen LogP contribution in [0.3, 0.4) is 0 Å². The predicted octanol–water partition coefficient (Wildman–Crippen LogP) is 0.166. The molecule has 4 N–H and O–H groups in total. The molecular weight excluding hydrogens is 212 g/mol. The number of aliphatic carboxylic acids is 1. The van der Waals surface area contributed by atoms with E-state index >= 15 is 0 Å². The molecule has 0 saturated heterocycles. The molecule has 2 amide bonds. The van der Waals surface area contributed by atoms with Gasteiger partial charge in [0.25, 0.3) is 0 Å². The van der Waals surface area contributed by atoms with E-state index in [0.29, 0.717) is 5.92 Å². The Morgan fingerprint density at radius 3 is 2.12 bits per heavy atom. The first kappa shape index (κ1) is 14.7. The molecule has 0 aromatic rings. The Morgan fingerprint density at radius 2 is 1.75 bits per heavy atom. The van der Waals surface area contributed by atoms with Crippen LogP contribution < -0.4 is 10.6 Å². The van der Waals surface area contributed by atoms with Crippen molar-refractivity contribution in [3.05, 3.63) is 0 Å². The molecule has 0 bridgehead atoms. The highest BCUT2D eigenvalue weighted by Crippen LogP contribution is 2.03. The van der Waals surface area contributed by atoms with Crippen LogP contribution in [0.2, 0.25) is 0 Å². The molecule has 0 rings (SSSR count). The van der Waals surface area contributed by atoms with Crippen LogP contribution in [0.4, 0.5) is 4.79 Å². The van der Waals surface area contributed by atoms with Gasteiger partial charge in [-0.25, -0.2) is 9.59 Å². The lowest BCUT2D eigenvalue weighted by atomic mass is 10.1. The minimum absolute atomic E-state index is 0.0341. The van der Waals surface area contributed by atoms with E-state index in [1.165, 1.54) is 0 Å². The first-order valence-corrected chi connectivity index (χ1v) is 5.27. The highest BCUT2D eigenvalue weighted by atomic mass is 16.4. The number of nitrogens with one attached hydrogen (secondary N) is 2. The Hall–Kier alpha value is -1.30. The summed E-state index contributed by atoms with van der Waals surface area (Å²) in [5.74, 6) is -0.808. The molecule has 0 aliphatic rings. The minimum atomic E-state index is -1.26. The number of carbonyl (C=O) groups is 2. The van der Waals surface area contributed by atoms with E-state index in [0.717, 1.165) is 6.42 Å². The molecule has 0 aromatic heterocycles. The number of carboxylic acids is 1. The number of carboxylic acid groups (broad SMARTS) is 1. The lowest BCUT2D eigenvalue weighted by Crippen LogP contribution is -2.50. The van der Waals surface area contributed by atoms with Gasteiger partial charge in [-0.15, -0.1) is 0 Å². The van der Waals surface area contributed by atoms with E-state index in [1.54, 1.807) is 0 Å². The number of rotatable bonds is 6. The second-order valence-corrected chi connectivity index (χ2v) is 4.22. The van der Waals surface area contributed by atoms with Crippen molar-refractivity contribution in [1.29, 1.82) is 0 Å². The lowest BCUT2D eigenvalue weighted by Gasteiger charge is -2.18. The molecule has 16 heavy (non-hydrogen) atoms. The van der Waals surface area contributed by atoms with Crippen LogP contribution in [-0.2, 0) is 4.79 Å². The highest BCUT2D eigenvalue weighted by molar-refractivity contribution is 5.82. The Labute approximate surface area is 95.0 Å². The van der Waals surface area contributed by atoms with E-state index in [4.69, 9.17) is 10.2 Å². The van der Waals surface area contributed by atoms with Crippen LogP contribution >= 0.6 is 0 Å². The van der Waals surface area contributed by atoms with Crippen LogP contribution in [0, 0.1) is 5.92 Å². The maximum Gasteiger partial charge on any atom is 0.328 e. The first-order chi connectivity index (χ1) is 7.36. The molecule has 6 heteroatoms. The van der Waals surface area contributed by atoms with E-state index in [1.807, 2.05) is 20.8 Å². The number of urea groups is 1. The lowest BCUT2D eigenvalue weighted by molar-refractivity contribution is -0.140. The van der Waals surface area contributed by atoms with Gasteiger partial charge in [-0.3, -0.25) is 0 Å². The van der Waals surface area contributed by atoms with Gasteiger partial charge in [-0.2, -0.15) is 0 Å². The Morgan fingerprint density at radius 1 is 1.19 bits per heavy atom. The van der Waals surface area contributed by atoms with Crippen LogP contribution in [0.5, 0.6) is 0 Å². The second kappa shape index (κ2) is 7.05. The van der Waals surface area contributed by atoms with Gasteiger partial charge < -0.3 is 20.8 Å². The van der Waals surface area contributed by atoms with Crippen molar-refractivity contribution in [2.45, 2.75) is 39.3 Å². The average molecular weight is 232 g/mol. The van der Waals surface area contributed by atoms with Crippen molar-refractivity contribution in [1.82, 2.24) is 10.6 Å². The maximum absolute atomic E-state index is 11.3. The molecule has 0 aromatic carbocycles. The number of hydrogen-bond acceptors (Lipinski definition) is 3. The number of carbonyl (C=O) groups excluding carboxylic acids is 1. The predicted molar refractivity (Wildman–Crippen MR) is 59.1 cm³/mol. The molecule has 0 heterocycles. The molecule has 0 fully saturated rings. The summed E-state index contributed by atoms with van der Waals surface area (Å²) in [6.07, 6.45) is 0.810. The summed E-state index contributed by atoms with van der Waals surface area (Å²) in [7, 11) is 0. The van der Waals surface area contributed by atoms with Crippen molar-refractivity contribution in [3.8, 4) is 0 Å². The SMILES string of the molecule is CC(C)CC(C)NC(=O)N[C@H](CO)C(=O)O. The maximum atomic E-state index is 11.3. The normalized spacial score (nSPS) is 14.3. The van der Waals surface area contributed by atoms with Crippen molar-refractivity contribution in [2.75, 3.05) is 6.61 Å². The first-order valence-electron chi connectivity index (χ1n) is 5.27. The summed E-state index contributed by atoms with van der Waals surface area (Å²) < 4.78 is 0. The number of aliphatic hydroxyl groups is 1. The van der Waals surface area contributed by atoms with Crippen LogP contribution in [0.1, 0.15) is 27.2 Å². The Bertz CT molecular complexity index is 243. The minimum Gasteiger partial charge on any atom is -0.480 e. The third-order valence-corrected chi connectivity index (χ3v) is 1.99. The van der Waals surface area contributed by atoms with Crippen LogP contribution in [-0.4, -0.2) is 40.9 Å². The number of hydrogen-bond donors (Lipinski definition) is 4. The summed E-state index contributed by atoms with van der Waals surface area (Å²) in [5.41, 5.74) is 0.